The summed E-state index contributed by atoms with van der Waals surface area (Å²) < 4.78 is 11.7. The Hall–Kier alpha value is -0.120. The first-order valence-corrected chi connectivity index (χ1v) is 5.45. The summed E-state index contributed by atoms with van der Waals surface area (Å²) in [4.78, 5) is 0. The average molecular weight is 201 g/mol. The topological polar surface area (TPSA) is 30.5 Å². The van der Waals surface area contributed by atoms with Crippen LogP contribution < -0.4 is 5.32 Å². The second-order valence-electron chi connectivity index (χ2n) is 4.94. The van der Waals surface area contributed by atoms with Gasteiger partial charge in [-0.3, -0.25) is 0 Å². The SMILES string of the molecule is CC(C)O[C@@H](C)[C@@H]1CNCC(C)(C)O1. The molecule has 0 bridgehead atoms. The molecule has 14 heavy (non-hydrogen) atoms. The lowest BCUT2D eigenvalue weighted by Gasteiger charge is -2.39. The molecule has 84 valence electrons. The second-order valence-corrected chi connectivity index (χ2v) is 4.94. The normalized spacial score (nSPS) is 29.1. The zero-order valence-electron chi connectivity index (χ0n) is 9.96. The Balaban J connectivity index is 2.43. The van der Waals surface area contributed by atoms with E-state index in [0.29, 0.717) is 0 Å². The highest BCUT2D eigenvalue weighted by Crippen LogP contribution is 2.19. The lowest BCUT2D eigenvalue weighted by atomic mass is 10.1. The number of morpholine rings is 1. The molecule has 1 rings (SSSR count). The van der Waals surface area contributed by atoms with Crippen LogP contribution in [-0.4, -0.2) is 37.0 Å². The highest BCUT2D eigenvalue weighted by atomic mass is 16.6. The van der Waals surface area contributed by atoms with Crippen LogP contribution in [0.1, 0.15) is 34.6 Å². The lowest BCUT2D eigenvalue weighted by molar-refractivity contribution is -0.155. The summed E-state index contributed by atoms with van der Waals surface area (Å²) in [5.74, 6) is 0. The van der Waals surface area contributed by atoms with E-state index < -0.39 is 0 Å². The van der Waals surface area contributed by atoms with Gasteiger partial charge in [0.1, 0.15) is 0 Å². The Morgan fingerprint density at radius 3 is 2.50 bits per heavy atom. The molecule has 1 heterocycles. The lowest BCUT2D eigenvalue weighted by Crippen LogP contribution is -2.54. The van der Waals surface area contributed by atoms with Crippen LogP contribution in [0.4, 0.5) is 0 Å². The molecule has 0 unspecified atom stereocenters. The van der Waals surface area contributed by atoms with E-state index in [1.54, 1.807) is 0 Å². The maximum absolute atomic E-state index is 5.95. The Morgan fingerprint density at radius 1 is 1.36 bits per heavy atom. The Kier molecular flexibility index (Phi) is 3.93. The molecule has 0 aliphatic carbocycles. The van der Waals surface area contributed by atoms with Gasteiger partial charge in [-0.1, -0.05) is 0 Å². The van der Waals surface area contributed by atoms with Crippen LogP contribution in [0.3, 0.4) is 0 Å². The van der Waals surface area contributed by atoms with Crippen molar-refractivity contribution in [3.05, 3.63) is 0 Å². The van der Waals surface area contributed by atoms with Crippen molar-refractivity contribution in [3.63, 3.8) is 0 Å². The number of ether oxygens (including phenoxy) is 2. The summed E-state index contributed by atoms with van der Waals surface area (Å²) in [7, 11) is 0. The van der Waals surface area contributed by atoms with Crippen LogP contribution >= 0.6 is 0 Å². The van der Waals surface area contributed by atoms with Gasteiger partial charge in [0.25, 0.3) is 0 Å². The fraction of sp³-hybridized carbons (Fsp3) is 1.00. The zero-order chi connectivity index (χ0) is 10.8. The third-order valence-corrected chi connectivity index (χ3v) is 2.38. The third-order valence-electron chi connectivity index (χ3n) is 2.38. The largest absolute Gasteiger partial charge is 0.373 e. The van der Waals surface area contributed by atoms with Crippen molar-refractivity contribution in [2.75, 3.05) is 13.1 Å². The summed E-state index contributed by atoms with van der Waals surface area (Å²) in [5, 5.41) is 3.37. The zero-order valence-corrected chi connectivity index (χ0v) is 9.96. The predicted octanol–water partition coefficient (Wildman–Crippen LogP) is 1.57. The molecule has 0 aromatic rings. The van der Waals surface area contributed by atoms with E-state index in [0.717, 1.165) is 13.1 Å². The van der Waals surface area contributed by atoms with Crippen molar-refractivity contribution in [1.82, 2.24) is 5.32 Å². The molecule has 0 aromatic heterocycles. The van der Waals surface area contributed by atoms with Crippen molar-refractivity contribution in [1.29, 1.82) is 0 Å². The molecular formula is C11H23NO2. The van der Waals surface area contributed by atoms with Gasteiger partial charge in [0.2, 0.25) is 0 Å². The van der Waals surface area contributed by atoms with Crippen molar-refractivity contribution in [2.24, 2.45) is 0 Å². The fourth-order valence-electron chi connectivity index (χ4n) is 1.79. The minimum absolute atomic E-state index is 0.0719. The van der Waals surface area contributed by atoms with Gasteiger partial charge in [0.05, 0.1) is 23.9 Å². The Labute approximate surface area is 87.2 Å². The van der Waals surface area contributed by atoms with Gasteiger partial charge in [0, 0.05) is 13.1 Å². The number of hydrogen-bond acceptors (Lipinski definition) is 3. The monoisotopic (exact) mass is 201 g/mol. The van der Waals surface area contributed by atoms with E-state index in [4.69, 9.17) is 9.47 Å². The van der Waals surface area contributed by atoms with Crippen LogP contribution in [0.2, 0.25) is 0 Å². The molecular weight excluding hydrogens is 178 g/mol. The van der Waals surface area contributed by atoms with Crippen molar-refractivity contribution in [2.45, 2.75) is 58.5 Å². The first-order chi connectivity index (χ1) is 6.41. The summed E-state index contributed by atoms with van der Waals surface area (Å²) >= 11 is 0. The van der Waals surface area contributed by atoms with Crippen molar-refractivity contribution < 1.29 is 9.47 Å². The van der Waals surface area contributed by atoms with E-state index >= 15 is 0 Å². The maximum atomic E-state index is 5.95. The van der Waals surface area contributed by atoms with E-state index in [9.17, 15) is 0 Å². The molecule has 2 atom stereocenters. The average Bonchev–Trinajstić information content (AvgIpc) is 2.01. The molecule has 0 spiro atoms. The minimum Gasteiger partial charge on any atom is -0.373 e. The van der Waals surface area contributed by atoms with Gasteiger partial charge in [-0.2, -0.15) is 0 Å². The molecule has 0 amide bonds. The molecule has 1 aliphatic rings. The van der Waals surface area contributed by atoms with Crippen LogP contribution in [0, 0.1) is 0 Å². The van der Waals surface area contributed by atoms with Gasteiger partial charge in [0.15, 0.2) is 0 Å². The third kappa shape index (κ3) is 3.56. The molecule has 0 aromatic carbocycles. The molecule has 3 nitrogen and oxygen atoms in total. The van der Waals surface area contributed by atoms with Gasteiger partial charge >= 0.3 is 0 Å². The highest BCUT2D eigenvalue weighted by molar-refractivity contribution is 4.84. The maximum Gasteiger partial charge on any atom is 0.0965 e. The number of hydrogen-bond donors (Lipinski definition) is 1. The van der Waals surface area contributed by atoms with Crippen LogP contribution in [0.25, 0.3) is 0 Å². The molecule has 1 N–H and O–H groups in total. The smallest absolute Gasteiger partial charge is 0.0965 e. The van der Waals surface area contributed by atoms with E-state index in [1.807, 2.05) is 0 Å². The van der Waals surface area contributed by atoms with Gasteiger partial charge in [-0.05, 0) is 34.6 Å². The van der Waals surface area contributed by atoms with Gasteiger partial charge < -0.3 is 14.8 Å². The van der Waals surface area contributed by atoms with Crippen LogP contribution in [0.5, 0.6) is 0 Å². The standard InChI is InChI=1S/C11H23NO2/c1-8(2)13-9(3)10-6-12-7-11(4,5)14-10/h8-10,12H,6-7H2,1-5H3/t9-,10-/m0/s1. The summed E-state index contributed by atoms with van der Waals surface area (Å²) in [5.41, 5.74) is -0.0719. The number of nitrogens with one attached hydrogen (secondary N) is 1. The second kappa shape index (κ2) is 4.60. The van der Waals surface area contributed by atoms with Gasteiger partial charge in [-0.15, -0.1) is 0 Å². The van der Waals surface area contributed by atoms with E-state index in [2.05, 4.69) is 39.9 Å². The Morgan fingerprint density at radius 2 is 2.00 bits per heavy atom. The van der Waals surface area contributed by atoms with Crippen LogP contribution in [-0.2, 0) is 9.47 Å². The van der Waals surface area contributed by atoms with E-state index in [-0.39, 0.29) is 23.9 Å². The molecule has 1 fully saturated rings. The first kappa shape index (κ1) is 12.0. The Bertz CT molecular complexity index is 180. The molecule has 0 saturated carbocycles. The minimum atomic E-state index is -0.0719. The van der Waals surface area contributed by atoms with Gasteiger partial charge in [-0.25, -0.2) is 0 Å². The highest BCUT2D eigenvalue weighted by Gasteiger charge is 2.32. The first-order valence-electron chi connectivity index (χ1n) is 5.45. The van der Waals surface area contributed by atoms with Crippen LogP contribution in [0.15, 0.2) is 0 Å². The van der Waals surface area contributed by atoms with Crippen molar-refractivity contribution in [3.8, 4) is 0 Å². The van der Waals surface area contributed by atoms with E-state index in [1.165, 1.54) is 0 Å². The predicted molar refractivity (Wildman–Crippen MR) is 57.5 cm³/mol. The summed E-state index contributed by atoms with van der Waals surface area (Å²) in [6, 6.07) is 0. The fourth-order valence-corrected chi connectivity index (χ4v) is 1.79. The molecule has 3 heteroatoms. The molecule has 1 saturated heterocycles. The molecule has 1 aliphatic heterocycles. The quantitative estimate of drug-likeness (QED) is 0.752. The summed E-state index contributed by atoms with van der Waals surface area (Å²) in [6.45, 7) is 12.2. The summed E-state index contributed by atoms with van der Waals surface area (Å²) in [6.07, 6.45) is 0.585. The van der Waals surface area contributed by atoms with Crippen molar-refractivity contribution >= 4 is 0 Å². The molecule has 0 radical (unpaired) electrons. The number of rotatable bonds is 3.